The van der Waals surface area contributed by atoms with Crippen LogP contribution in [-0.2, 0) is 11.3 Å². The van der Waals surface area contributed by atoms with Crippen molar-refractivity contribution in [2.45, 2.75) is 26.8 Å². The number of benzene rings is 1. The number of nitrogens with zero attached hydrogens (tertiary/aromatic N) is 3. The average molecular weight is 394 g/mol. The first-order valence-corrected chi connectivity index (χ1v) is 10.1. The zero-order valence-corrected chi connectivity index (χ0v) is 16.8. The molecule has 1 aromatic heterocycles. The first-order chi connectivity index (χ1) is 12.5. The Hall–Kier alpha value is -1.47. The smallest absolute Gasteiger partial charge is 0.190 e. The van der Waals surface area contributed by atoms with Crippen LogP contribution in [0, 0.1) is 6.92 Å². The molecule has 26 heavy (non-hydrogen) atoms. The van der Waals surface area contributed by atoms with Crippen LogP contribution in [0.3, 0.4) is 0 Å². The first-order valence-electron chi connectivity index (χ1n) is 8.86. The van der Waals surface area contributed by atoms with Gasteiger partial charge in [0.05, 0.1) is 23.8 Å². The summed E-state index contributed by atoms with van der Waals surface area (Å²) in [5.74, 6) is 0.0898. The predicted octanol–water partition coefficient (Wildman–Crippen LogP) is 3.67. The highest BCUT2D eigenvalue weighted by Gasteiger charge is 2.15. The van der Waals surface area contributed by atoms with Crippen molar-refractivity contribution in [3.63, 3.8) is 0 Å². The number of hydrogen-bond acceptors (Lipinski definition) is 5. The number of Topliss-reactive ketones (excluding diaryl/α,β-unsaturated/α-hetero) is 1. The summed E-state index contributed by atoms with van der Waals surface area (Å²) in [5.41, 5.74) is 1.84. The van der Waals surface area contributed by atoms with Crippen molar-refractivity contribution in [1.29, 1.82) is 0 Å². The molecule has 140 valence electrons. The van der Waals surface area contributed by atoms with Crippen LogP contribution in [0.15, 0.2) is 29.3 Å². The zero-order chi connectivity index (χ0) is 18.5. The van der Waals surface area contributed by atoms with E-state index in [0.717, 1.165) is 66.9 Å². The van der Waals surface area contributed by atoms with Crippen LogP contribution in [0.4, 0.5) is 5.69 Å². The summed E-state index contributed by atoms with van der Waals surface area (Å²) in [4.78, 5) is 20.8. The van der Waals surface area contributed by atoms with Crippen LogP contribution in [0.2, 0.25) is 5.02 Å². The molecule has 2 aromatic rings. The Morgan fingerprint density at radius 2 is 1.92 bits per heavy atom. The number of carbonyl (C=O) groups is 1. The summed E-state index contributed by atoms with van der Waals surface area (Å²) in [7, 11) is 0. The molecule has 0 unspecified atom stereocenters. The van der Waals surface area contributed by atoms with Crippen molar-refractivity contribution in [3.8, 4) is 0 Å². The molecule has 1 fully saturated rings. The average Bonchev–Trinajstić information content (AvgIpc) is 2.94. The minimum absolute atomic E-state index is 0.0898. The number of rotatable bonds is 6. The quantitative estimate of drug-likeness (QED) is 0.703. The maximum atomic E-state index is 12.0. The second-order valence-corrected chi connectivity index (χ2v) is 7.82. The van der Waals surface area contributed by atoms with Gasteiger partial charge in [-0.1, -0.05) is 22.9 Å². The van der Waals surface area contributed by atoms with Crippen LogP contribution in [0.25, 0.3) is 0 Å². The predicted molar refractivity (Wildman–Crippen MR) is 106 cm³/mol. The Morgan fingerprint density at radius 3 is 2.58 bits per heavy atom. The highest BCUT2D eigenvalue weighted by molar-refractivity contribution is 7.11. The van der Waals surface area contributed by atoms with Crippen molar-refractivity contribution in [1.82, 2.24) is 9.47 Å². The lowest BCUT2D eigenvalue weighted by molar-refractivity contribution is 0.0369. The van der Waals surface area contributed by atoms with Crippen molar-refractivity contribution < 1.29 is 9.53 Å². The van der Waals surface area contributed by atoms with Crippen LogP contribution >= 0.6 is 22.9 Å². The lowest BCUT2D eigenvalue weighted by atomic mass is 10.3. The van der Waals surface area contributed by atoms with E-state index in [9.17, 15) is 4.79 Å². The number of aromatic nitrogens is 1. The maximum Gasteiger partial charge on any atom is 0.190 e. The Kier molecular flexibility index (Phi) is 6.64. The zero-order valence-electron chi connectivity index (χ0n) is 15.2. The summed E-state index contributed by atoms with van der Waals surface area (Å²) >= 11 is 7.42. The van der Waals surface area contributed by atoms with Gasteiger partial charge in [0.25, 0.3) is 0 Å². The lowest BCUT2D eigenvalue weighted by Gasteiger charge is -2.26. The van der Waals surface area contributed by atoms with Crippen molar-refractivity contribution in [2.75, 3.05) is 32.8 Å². The van der Waals surface area contributed by atoms with Gasteiger partial charge in [0, 0.05) is 43.8 Å². The van der Waals surface area contributed by atoms with E-state index in [1.54, 1.807) is 6.92 Å². The van der Waals surface area contributed by atoms with E-state index in [1.165, 1.54) is 11.3 Å². The SMILES string of the molecule is CC(=O)c1sc(=Nc2ccc(Cl)cc2)n(CCCN2CCOCC2)c1C. The van der Waals surface area contributed by atoms with E-state index in [0.29, 0.717) is 5.02 Å². The van der Waals surface area contributed by atoms with Gasteiger partial charge in [-0.05, 0) is 37.6 Å². The molecule has 0 spiro atoms. The van der Waals surface area contributed by atoms with E-state index in [4.69, 9.17) is 21.3 Å². The molecular formula is C19H24ClN3O2S. The third kappa shape index (κ3) is 4.82. The molecule has 3 rings (SSSR count). The fourth-order valence-corrected chi connectivity index (χ4v) is 4.26. The van der Waals surface area contributed by atoms with Crippen LogP contribution in [0.1, 0.15) is 28.7 Å². The molecule has 1 saturated heterocycles. The molecule has 7 heteroatoms. The molecule has 1 aliphatic heterocycles. The Bertz CT molecular complexity index is 820. The highest BCUT2D eigenvalue weighted by atomic mass is 35.5. The van der Waals surface area contributed by atoms with Gasteiger partial charge < -0.3 is 9.30 Å². The second kappa shape index (κ2) is 8.95. The molecule has 5 nitrogen and oxygen atoms in total. The number of halogens is 1. The topological polar surface area (TPSA) is 46.8 Å². The summed E-state index contributed by atoms with van der Waals surface area (Å²) in [5, 5.41) is 0.689. The molecule has 1 aliphatic rings. The molecule has 2 heterocycles. The molecule has 0 atom stereocenters. The largest absolute Gasteiger partial charge is 0.379 e. The summed E-state index contributed by atoms with van der Waals surface area (Å²) in [6.45, 7) is 9.11. The van der Waals surface area contributed by atoms with Crippen LogP contribution in [-0.4, -0.2) is 48.1 Å². The molecule has 0 aliphatic carbocycles. The van der Waals surface area contributed by atoms with Crippen molar-refractivity contribution >= 4 is 34.4 Å². The molecule has 1 aromatic carbocycles. The Morgan fingerprint density at radius 1 is 1.23 bits per heavy atom. The van der Waals surface area contributed by atoms with Crippen LogP contribution in [0.5, 0.6) is 0 Å². The molecule has 0 bridgehead atoms. The molecule has 0 saturated carbocycles. The van der Waals surface area contributed by atoms with Gasteiger partial charge in [0.2, 0.25) is 0 Å². The second-order valence-electron chi connectivity index (χ2n) is 6.40. The van der Waals surface area contributed by atoms with E-state index < -0.39 is 0 Å². The van der Waals surface area contributed by atoms with E-state index in [1.807, 2.05) is 31.2 Å². The third-order valence-electron chi connectivity index (χ3n) is 4.49. The summed E-state index contributed by atoms with van der Waals surface area (Å²) in [6, 6.07) is 7.44. The minimum atomic E-state index is 0.0898. The maximum absolute atomic E-state index is 12.0. The number of ketones is 1. The summed E-state index contributed by atoms with van der Waals surface area (Å²) < 4.78 is 7.56. The van der Waals surface area contributed by atoms with Crippen molar-refractivity contribution in [3.05, 3.63) is 44.7 Å². The van der Waals surface area contributed by atoms with E-state index in [2.05, 4.69) is 9.47 Å². The molecular weight excluding hydrogens is 370 g/mol. The number of ether oxygens (including phenoxy) is 1. The normalized spacial score (nSPS) is 16.2. The fourth-order valence-electron chi connectivity index (χ4n) is 3.06. The Labute approximate surface area is 162 Å². The number of carbonyl (C=O) groups excluding carboxylic acids is 1. The van der Waals surface area contributed by atoms with E-state index >= 15 is 0 Å². The van der Waals surface area contributed by atoms with Crippen molar-refractivity contribution in [2.24, 2.45) is 4.99 Å². The highest BCUT2D eigenvalue weighted by Crippen LogP contribution is 2.18. The van der Waals surface area contributed by atoms with Gasteiger partial charge in [-0.15, -0.1) is 0 Å². The third-order valence-corrected chi connectivity index (χ3v) is 6.02. The number of thiazole rings is 1. The number of morpholine rings is 1. The van der Waals surface area contributed by atoms with Gasteiger partial charge in [0.15, 0.2) is 10.6 Å². The van der Waals surface area contributed by atoms with Gasteiger partial charge >= 0.3 is 0 Å². The van der Waals surface area contributed by atoms with Gasteiger partial charge in [-0.25, -0.2) is 4.99 Å². The van der Waals surface area contributed by atoms with E-state index in [-0.39, 0.29) is 5.78 Å². The molecule has 0 amide bonds. The lowest BCUT2D eigenvalue weighted by Crippen LogP contribution is -2.37. The van der Waals surface area contributed by atoms with Crippen LogP contribution < -0.4 is 4.80 Å². The van der Waals surface area contributed by atoms with Gasteiger partial charge in [-0.3, -0.25) is 9.69 Å². The number of hydrogen-bond donors (Lipinski definition) is 0. The monoisotopic (exact) mass is 393 g/mol. The Balaban J connectivity index is 1.82. The minimum Gasteiger partial charge on any atom is -0.379 e. The molecule has 0 radical (unpaired) electrons. The van der Waals surface area contributed by atoms with Gasteiger partial charge in [-0.2, -0.15) is 0 Å². The first kappa shape index (κ1) is 19.3. The molecule has 0 N–H and O–H groups in total. The summed E-state index contributed by atoms with van der Waals surface area (Å²) in [6.07, 6.45) is 1.02. The standard InChI is InChI=1S/C19H24ClN3O2S/c1-14-18(15(2)24)26-19(21-17-6-4-16(20)5-7-17)23(14)9-3-8-22-10-12-25-13-11-22/h4-7H,3,8-13H2,1-2H3. The fraction of sp³-hybridized carbons (Fsp3) is 0.474. The van der Waals surface area contributed by atoms with Gasteiger partial charge in [0.1, 0.15) is 0 Å².